The van der Waals surface area contributed by atoms with E-state index in [1.807, 2.05) is 91.0 Å². The van der Waals surface area contributed by atoms with E-state index in [0.717, 1.165) is 22.4 Å². The average molecular weight is 496 g/mol. The van der Waals surface area contributed by atoms with E-state index in [4.69, 9.17) is 9.47 Å². The highest BCUT2D eigenvalue weighted by atomic mass is 28.3. The normalized spacial score (nSPS) is 20.1. The van der Waals surface area contributed by atoms with Gasteiger partial charge in [0.1, 0.15) is 18.2 Å². The Bertz CT molecular complexity index is 1210. The molecule has 0 radical (unpaired) electrons. The van der Waals surface area contributed by atoms with E-state index in [1.54, 1.807) is 0 Å². The molecular weight excluding hydrogens is 462 g/mol. The largest absolute Gasteiger partial charge is 0.371 e. The molecule has 0 saturated carbocycles. The summed E-state index contributed by atoms with van der Waals surface area (Å²) in [4.78, 5) is 0. The molecule has 0 aromatic heterocycles. The van der Waals surface area contributed by atoms with Crippen LogP contribution >= 0.6 is 0 Å². The molecule has 1 heterocycles. The molecule has 0 amide bonds. The summed E-state index contributed by atoms with van der Waals surface area (Å²) in [6, 6.07) is 37.6. The minimum Gasteiger partial charge on any atom is -0.371 e. The van der Waals surface area contributed by atoms with E-state index < -0.39 is 32.3 Å². The van der Waals surface area contributed by atoms with Crippen molar-refractivity contribution in [1.29, 1.82) is 0 Å². The van der Waals surface area contributed by atoms with Gasteiger partial charge in [-0.25, -0.2) is 0 Å². The lowest BCUT2D eigenvalue weighted by Gasteiger charge is -2.33. The molecule has 4 nitrogen and oxygen atoms in total. The molecule has 2 N–H and O–H groups in total. The van der Waals surface area contributed by atoms with Gasteiger partial charge in [0.05, 0.1) is 8.07 Å². The molecule has 4 aromatic carbocycles. The number of para-hydroxylation sites is 1. The Morgan fingerprint density at radius 3 is 1.56 bits per heavy atom. The van der Waals surface area contributed by atoms with Crippen LogP contribution in [0.5, 0.6) is 0 Å². The number of benzene rings is 4. The summed E-state index contributed by atoms with van der Waals surface area (Å²) in [5, 5.41) is 16.9. The maximum Gasteiger partial charge on any atom is 0.307 e. The highest BCUT2D eigenvalue weighted by molar-refractivity contribution is 6.88. The lowest BCUT2D eigenvalue weighted by molar-refractivity contribution is -0.328. The van der Waals surface area contributed by atoms with Crippen LogP contribution in [-0.4, -0.2) is 19.2 Å². The maximum atomic E-state index is 12.1. The number of rotatable bonds is 7. The number of hydrogen-bond acceptors (Lipinski definition) is 4. The topological polar surface area (TPSA) is 50.7 Å². The van der Waals surface area contributed by atoms with Gasteiger partial charge >= 0.3 is 5.97 Å². The molecule has 0 spiro atoms. The van der Waals surface area contributed by atoms with Crippen LogP contribution in [0.1, 0.15) is 34.9 Å². The van der Waals surface area contributed by atoms with Crippen LogP contribution in [0.2, 0.25) is 19.6 Å². The second kappa shape index (κ2) is 10.0. The fourth-order valence-electron chi connectivity index (χ4n) is 4.68. The van der Waals surface area contributed by atoms with Crippen molar-refractivity contribution >= 4 is 18.9 Å². The van der Waals surface area contributed by atoms with Crippen molar-refractivity contribution in [2.24, 2.45) is 0 Å². The summed E-state index contributed by atoms with van der Waals surface area (Å²) in [6.45, 7) is 6.98. The molecule has 0 unspecified atom stereocenters. The smallest absolute Gasteiger partial charge is 0.307 e. The van der Waals surface area contributed by atoms with E-state index in [0.29, 0.717) is 0 Å². The first-order valence-electron chi connectivity index (χ1n) is 12.4. The van der Waals surface area contributed by atoms with Crippen LogP contribution in [0.3, 0.4) is 0 Å². The van der Waals surface area contributed by atoms with Gasteiger partial charge in [0.15, 0.2) is 0 Å². The van der Waals surface area contributed by atoms with E-state index in [1.165, 1.54) is 5.19 Å². The zero-order valence-electron chi connectivity index (χ0n) is 21.0. The van der Waals surface area contributed by atoms with Gasteiger partial charge in [-0.2, -0.15) is 0 Å². The first kappa shape index (κ1) is 24.5. The highest BCUT2D eigenvalue weighted by Gasteiger charge is 2.53. The molecule has 1 aliphatic rings. The van der Waals surface area contributed by atoms with Gasteiger partial charge in [0, 0.05) is 5.69 Å². The SMILES string of the molecule is C[Si](C)(C)c1ccc([C@@H](Nc2ccccc2)C2(O)O[C@H](c3ccccc3)[C@@H](c3ccccc3)O2)cc1. The Morgan fingerprint density at radius 2 is 1.11 bits per heavy atom. The van der Waals surface area contributed by atoms with Crippen molar-refractivity contribution in [2.75, 3.05) is 5.32 Å². The number of anilines is 1. The third kappa shape index (κ3) is 5.15. The second-order valence-corrected chi connectivity index (χ2v) is 15.4. The average Bonchev–Trinajstić information content (AvgIpc) is 3.27. The van der Waals surface area contributed by atoms with E-state index in [9.17, 15) is 5.11 Å². The number of aliphatic hydroxyl groups is 1. The summed E-state index contributed by atoms with van der Waals surface area (Å²) < 4.78 is 12.9. The quantitative estimate of drug-likeness (QED) is 0.285. The van der Waals surface area contributed by atoms with Crippen molar-refractivity contribution in [3.8, 4) is 0 Å². The molecule has 0 bridgehead atoms. The van der Waals surface area contributed by atoms with Crippen molar-refractivity contribution in [1.82, 2.24) is 0 Å². The van der Waals surface area contributed by atoms with E-state index in [-0.39, 0.29) is 0 Å². The monoisotopic (exact) mass is 495 g/mol. The Kier molecular flexibility index (Phi) is 6.82. The van der Waals surface area contributed by atoms with Gasteiger partial charge in [0.2, 0.25) is 0 Å². The first-order chi connectivity index (χ1) is 17.3. The summed E-state index contributed by atoms with van der Waals surface area (Å²) in [6.07, 6.45) is -0.945. The predicted octanol–water partition coefficient (Wildman–Crippen LogP) is 6.56. The molecule has 5 rings (SSSR count). The van der Waals surface area contributed by atoms with Crippen molar-refractivity contribution in [3.05, 3.63) is 132 Å². The van der Waals surface area contributed by atoms with Crippen LogP contribution in [0, 0.1) is 0 Å². The van der Waals surface area contributed by atoms with Crippen molar-refractivity contribution < 1.29 is 14.6 Å². The molecule has 1 saturated heterocycles. The molecule has 184 valence electrons. The van der Waals surface area contributed by atoms with Crippen LogP contribution in [0.25, 0.3) is 0 Å². The zero-order valence-corrected chi connectivity index (χ0v) is 22.0. The third-order valence-corrected chi connectivity index (χ3v) is 8.75. The summed E-state index contributed by atoms with van der Waals surface area (Å²) >= 11 is 0. The van der Waals surface area contributed by atoms with Crippen LogP contribution in [0.15, 0.2) is 115 Å². The number of ether oxygens (including phenoxy) is 2. The molecule has 1 aliphatic heterocycles. The highest BCUT2D eigenvalue weighted by Crippen LogP contribution is 2.50. The minimum absolute atomic E-state index is 0.472. The standard InChI is InChI=1S/C31H33NO3Si/c1-36(2,3)27-21-19-25(20-22-27)30(32-26-17-11-6-12-18-26)31(33)34-28(23-13-7-4-8-14-23)29(35-31)24-15-9-5-10-16-24/h4-22,28-30,32-33H,1-3H3/t28-,29-,30-/m1/s1. The minimum atomic E-state index is -1.91. The lowest BCUT2D eigenvalue weighted by Crippen LogP contribution is -2.42. The van der Waals surface area contributed by atoms with Gasteiger partial charge < -0.3 is 19.9 Å². The third-order valence-electron chi connectivity index (χ3n) is 6.68. The summed E-state index contributed by atoms with van der Waals surface area (Å²) in [5.74, 6) is -1.91. The fourth-order valence-corrected chi connectivity index (χ4v) is 5.85. The Balaban J connectivity index is 1.56. The van der Waals surface area contributed by atoms with Crippen molar-refractivity contribution in [2.45, 2.75) is 43.9 Å². The maximum absolute atomic E-state index is 12.1. The first-order valence-corrected chi connectivity index (χ1v) is 15.9. The molecule has 5 heteroatoms. The zero-order chi connectivity index (χ0) is 25.2. The Labute approximate surface area is 214 Å². The van der Waals surface area contributed by atoms with Crippen LogP contribution < -0.4 is 10.5 Å². The molecule has 3 atom stereocenters. The number of hydrogen-bond donors (Lipinski definition) is 2. The van der Waals surface area contributed by atoms with Crippen molar-refractivity contribution in [3.63, 3.8) is 0 Å². The lowest BCUT2D eigenvalue weighted by atomic mass is 9.99. The second-order valence-electron chi connectivity index (χ2n) is 10.3. The molecular formula is C31H33NO3Si. The van der Waals surface area contributed by atoms with Gasteiger partial charge in [-0.1, -0.05) is 128 Å². The number of nitrogens with one attached hydrogen (secondary N) is 1. The molecule has 4 aromatic rings. The van der Waals surface area contributed by atoms with Gasteiger partial charge in [-0.05, 0) is 28.8 Å². The molecule has 36 heavy (non-hydrogen) atoms. The Morgan fingerprint density at radius 1 is 0.667 bits per heavy atom. The summed E-state index contributed by atoms with van der Waals surface area (Å²) in [7, 11) is -1.47. The van der Waals surface area contributed by atoms with Gasteiger partial charge in [0.25, 0.3) is 0 Å². The fraction of sp³-hybridized carbons (Fsp3) is 0.226. The predicted molar refractivity (Wildman–Crippen MR) is 148 cm³/mol. The van der Waals surface area contributed by atoms with E-state index >= 15 is 0 Å². The van der Waals surface area contributed by atoms with Crippen LogP contribution in [-0.2, 0) is 9.47 Å². The van der Waals surface area contributed by atoms with Gasteiger partial charge in [-0.15, -0.1) is 0 Å². The van der Waals surface area contributed by atoms with Gasteiger partial charge in [-0.3, -0.25) is 0 Å². The summed E-state index contributed by atoms with van der Waals surface area (Å²) in [5.41, 5.74) is 3.67. The van der Waals surface area contributed by atoms with E-state index in [2.05, 4.69) is 49.2 Å². The molecule has 0 aliphatic carbocycles. The van der Waals surface area contributed by atoms with Crippen LogP contribution in [0.4, 0.5) is 5.69 Å². The molecule has 1 fully saturated rings. The Hall–Kier alpha value is -3.22.